The minimum Gasteiger partial charge on any atom is -0.390 e. The number of piperidine rings is 1. The lowest BCUT2D eigenvalue weighted by Crippen LogP contribution is -2.74. The SMILES string of the molecule is CCCCN1C(=O)[C@@H]([C@H](O)C(C)C)NC(=O)C12CCN(Cc1ccc(Sc3ccccc3)cc1)CC2.Cl. The van der Waals surface area contributed by atoms with Crippen LogP contribution in [0.2, 0.25) is 0 Å². The zero-order valence-corrected chi connectivity index (χ0v) is 23.7. The van der Waals surface area contributed by atoms with E-state index in [2.05, 4.69) is 65.7 Å². The largest absolute Gasteiger partial charge is 0.390 e. The molecule has 2 aromatic carbocycles. The summed E-state index contributed by atoms with van der Waals surface area (Å²) in [5, 5.41) is 13.5. The van der Waals surface area contributed by atoms with Crippen LogP contribution in [0.3, 0.4) is 0 Å². The molecule has 2 saturated heterocycles. The van der Waals surface area contributed by atoms with Crippen LogP contribution in [0.15, 0.2) is 64.4 Å². The number of hydrogen-bond donors (Lipinski definition) is 2. The van der Waals surface area contributed by atoms with Crippen molar-refractivity contribution in [2.45, 2.75) is 80.5 Å². The highest BCUT2D eigenvalue weighted by Gasteiger charge is 2.54. The molecule has 2 aliphatic rings. The topological polar surface area (TPSA) is 72.9 Å². The van der Waals surface area contributed by atoms with Crippen LogP contribution in [0.4, 0.5) is 0 Å². The molecule has 2 fully saturated rings. The van der Waals surface area contributed by atoms with E-state index < -0.39 is 17.7 Å². The van der Waals surface area contributed by atoms with Gasteiger partial charge in [0, 0.05) is 36.0 Å². The molecule has 0 saturated carbocycles. The number of nitrogens with one attached hydrogen (secondary N) is 1. The number of hydrogen-bond acceptors (Lipinski definition) is 5. The maximum absolute atomic E-state index is 13.5. The molecule has 2 amide bonds. The lowest BCUT2D eigenvalue weighted by atomic mass is 9.80. The summed E-state index contributed by atoms with van der Waals surface area (Å²) in [6.45, 7) is 8.72. The number of rotatable bonds is 9. The molecular weight excluding hydrogens is 506 g/mol. The quantitative estimate of drug-likeness (QED) is 0.476. The third-order valence-electron chi connectivity index (χ3n) is 7.51. The van der Waals surface area contributed by atoms with Crippen molar-refractivity contribution in [3.63, 3.8) is 0 Å². The minimum absolute atomic E-state index is 0. The van der Waals surface area contributed by atoms with Crippen LogP contribution < -0.4 is 5.32 Å². The lowest BCUT2D eigenvalue weighted by molar-refractivity contribution is -0.165. The predicted molar refractivity (Wildman–Crippen MR) is 151 cm³/mol. The lowest BCUT2D eigenvalue weighted by Gasteiger charge is -2.52. The number of carbonyl (C=O) groups excluding carboxylic acids is 2. The summed E-state index contributed by atoms with van der Waals surface area (Å²) in [4.78, 5) is 33.5. The van der Waals surface area contributed by atoms with Crippen molar-refractivity contribution in [2.24, 2.45) is 5.92 Å². The highest BCUT2D eigenvalue weighted by atomic mass is 35.5. The second-order valence-electron chi connectivity index (χ2n) is 10.4. The Hall–Kier alpha value is -2.06. The molecule has 0 radical (unpaired) electrons. The summed E-state index contributed by atoms with van der Waals surface area (Å²) < 4.78 is 0. The van der Waals surface area contributed by atoms with Gasteiger partial charge in [0.15, 0.2) is 0 Å². The Morgan fingerprint density at radius 1 is 1.03 bits per heavy atom. The van der Waals surface area contributed by atoms with E-state index >= 15 is 0 Å². The van der Waals surface area contributed by atoms with Gasteiger partial charge in [-0.25, -0.2) is 0 Å². The molecule has 2 aromatic rings. The fraction of sp³-hybridized carbons (Fsp3) is 0.517. The number of unbranched alkanes of at least 4 members (excludes halogenated alkanes) is 1. The Bertz CT molecular complexity index is 1030. The first-order valence-electron chi connectivity index (χ1n) is 13.2. The Labute approximate surface area is 231 Å². The molecule has 37 heavy (non-hydrogen) atoms. The maximum atomic E-state index is 13.5. The third-order valence-corrected chi connectivity index (χ3v) is 8.53. The average molecular weight is 546 g/mol. The Morgan fingerprint density at radius 2 is 1.65 bits per heavy atom. The van der Waals surface area contributed by atoms with E-state index in [4.69, 9.17) is 0 Å². The molecule has 0 unspecified atom stereocenters. The Balaban J connectivity index is 0.00000380. The van der Waals surface area contributed by atoms with Crippen LogP contribution in [-0.2, 0) is 16.1 Å². The molecule has 0 aliphatic carbocycles. The monoisotopic (exact) mass is 545 g/mol. The number of carbonyl (C=O) groups is 2. The van der Waals surface area contributed by atoms with Gasteiger partial charge in [0.1, 0.15) is 11.6 Å². The summed E-state index contributed by atoms with van der Waals surface area (Å²) >= 11 is 1.75. The summed E-state index contributed by atoms with van der Waals surface area (Å²) in [6.07, 6.45) is 2.14. The Kier molecular flexibility index (Phi) is 10.5. The van der Waals surface area contributed by atoms with Crippen LogP contribution in [0.5, 0.6) is 0 Å². The molecule has 0 aromatic heterocycles. The fourth-order valence-electron chi connectivity index (χ4n) is 5.22. The first kappa shape index (κ1) is 29.5. The zero-order valence-electron chi connectivity index (χ0n) is 22.1. The third kappa shape index (κ3) is 6.69. The van der Waals surface area contributed by atoms with Crippen molar-refractivity contribution in [3.05, 3.63) is 60.2 Å². The van der Waals surface area contributed by atoms with Gasteiger partial charge in [-0.3, -0.25) is 14.5 Å². The van der Waals surface area contributed by atoms with Crippen LogP contribution in [0.25, 0.3) is 0 Å². The number of aliphatic hydroxyl groups excluding tert-OH is 1. The van der Waals surface area contributed by atoms with Crippen LogP contribution in [-0.4, -0.2) is 64.0 Å². The number of amides is 2. The van der Waals surface area contributed by atoms with E-state index in [1.807, 2.05) is 19.9 Å². The molecular formula is C29H40ClN3O3S. The fourth-order valence-corrected chi connectivity index (χ4v) is 6.06. The van der Waals surface area contributed by atoms with Gasteiger partial charge < -0.3 is 15.3 Å². The van der Waals surface area contributed by atoms with E-state index in [-0.39, 0.29) is 30.1 Å². The van der Waals surface area contributed by atoms with Gasteiger partial charge in [-0.2, -0.15) is 0 Å². The van der Waals surface area contributed by atoms with E-state index in [0.29, 0.717) is 19.4 Å². The van der Waals surface area contributed by atoms with Gasteiger partial charge >= 0.3 is 0 Å². The second-order valence-corrected chi connectivity index (χ2v) is 11.5. The molecule has 0 bridgehead atoms. The van der Waals surface area contributed by atoms with Crippen LogP contribution >= 0.6 is 24.2 Å². The predicted octanol–water partition coefficient (Wildman–Crippen LogP) is 4.74. The van der Waals surface area contributed by atoms with E-state index in [0.717, 1.165) is 32.5 Å². The highest BCUT2D eigenvalue weighted by molar-refractivity contribution is 7.99. The summed E-state index contributed by atoms with van der Waals surface area (Å²) in [6, 6.07) is 18.2. The molecule has 6 nitrogen and oxygen atoms in total. The second kappa shape index (κ2) is 13.1. The summed E-state index contributed by atoms with van der Waals surface area (Å²) in [5.41, 5.74) is 0.432. The first-order valence-corrected chi connectivity index (χ1v) is 14.0. The van der Waals surface area contributed by atoms with Gasteiger partial charge in [-0.1, -0.05) is 69.3 Å². The van der Waals surface area contributed by atoms with Gasteiger partial charge in [-0.05, 0) is 55.0 Å². The number of piperazine rings is 1. The van der Waals surface area contributed by atoms with Crippen molar-refractivity contribution in [1.82, 2.24) is 15.1 Å². The van der Waals surface area contributed by atoms with Crippen molar-refractivity contribution >= 4 is 36.0 Å². The molecule has 4 rings (SSSR count). The van der Waals surface area contributed by atoms with Gasteiger partial charge in [0.2, 0.25) is 11.8 Å². The number of nitrogens with zero attached hydrogens (tertiary/aromatic N) is 2. The minimum atomic E-state index is -0.883. The molecule has 2 heterocycles. The molecule has 2 aliphatic heterocycles. The van der Waals surface area contributed by atoms with Crippen LogP contribution in [0.1, 0.15) is 52.0 Å². The van der Waals surface area contributed by atoms with Gasteiger partial charge in [0.25, 0.3) is 0 Å². The average Bonchev–Trinajstić information content (AvgIpc) is 2.89. The normalized spacial score (nSPS) is 20.6. The van der Waals surface area contributed by atoms with E-state index in [1.165, 1.54) is 15.4 Å². The molecule has 1 spiro atoms. The highest BCUT2D eigenvalue weighted by Crippen LogP contribution is 2.35. The standard InChI is InChI=1S/C29H39N3O3S.ClH/c1-4-5-17-32-27(34)25(26(33)21(2)3)30-28(35)29(32)15-18-31(19-16-29)20-22-11-13-24(14-12-22)36-23-9-7-6-8-10-23;/h6-14,21,25-26,33H,4-5,15-20H2,1-3H3,(H,30,35);1H/t25-,26-;/m1./s1. The number of aliphatic hydroxyl groups is 1. The zero-order chi connectivity index (χ0) is 25.7. The summed E-state index contributed by atoms with van der Waals surface area (Å²) in [7, 11) is 0. The number of halogens is 1. The van der Waals surface area contributed by atoms with Crippen molar-refractivity contribution in [3.8, 4) is 0 Å². The molecule has 2 N–H and O–H groups in total. The van der Waals surface area contributed by atoms with Crippen molar-refractivity contribution < 1.29 is 14.7 Å². The Morgan fingerprint density at radius 3 is 2.24 bits per heavy atom. The van der Waals surface area contributed by atoms with Gasteiger partial charge in [0.05, 0.1) is 6.10 Å². The van der Waals surface area contributed by atoms with Crippen molar-refractivity contribution in [2.75, 3.05) is 19.6 Å². The van der Waals surface area contributed by atoms with E-state index in [1.54, 1.807) is 16.7 Å². The molecule has 2 atom stereocenters. The number of likely N-dealkylation sites (tertiary alicyclic amines) is 1. The summed E-state index contributed by atoms with van der Waals surface area (Å²) in [5.74, 6) is -0.352. The molecule has 8 heteroatoms. The molecule has 202 valence electrons. The maximum Gasteiger partial charge on any atom is 0.248 e. The smallest absolute Gasteiger partial charge is 0.248 e. The van der Waals surface area contributed by atoms with Crippen LogP contribution in [0, 0.1) is 5.92 Å². The van der Waals surface area contributed by atoms with Crippen molar-refractivity contribution in [1.29, 1.82) is 0 Å². The number of benzene rings is 2. The first-order chi connectivity index (χ1) is 17.3. The van der Waals surface area contributed by atoms with E-state index in [9.17, 15) is 14.7 Å². The van der Waals surface area contributed by atoms with Gasteiger partial charge in [-0.15, -0.1) is 12.4 Å².